The number of halogens is 1. The Labute approximate surface area is 259 Å². The van der Waals surface area contributed by atoms with Crippen LogP contribution in [0.5, 0.6) is 23.1 Å². The molecule has 1 aromatic carbocycles. The first-order valence-corrected chi connectivity index (χ1v) is 13.1. The van der Waals surface area contributed by atoms with Crippen LogP contribution in [-0.4, -0.2) is 58.9 Å². The molecule has 5 aromatic rings. The second kappa shape index (κ2) is 13.8. The number of hydrogen-bond acceptors (Lipinski definition) is 11. The molecule has 0 aliphatic carbocycles. The molecule has 4 aromatic heterocycles. The molecule has 0 aliphatic heterocycles. The zero-order chi connectivity index (χ0) is 30.5. The molecule has 0 N–H and O–H groups in total. The SMILES string of the molecule is COC(=O)c1c(-c2cc(OC)c(OC)c(OC)c2)c2ccc(OCc3cnccn3)nc2c(=O)n1Cc1ccnc(C)c1.Cl. The Morgan fingerprint density at radius 1 is 0.909 bits per heavy atom. The fourth-order valence-electron chi connectivity index (χ4n) is 4.79. The van der Waals surface area contributed by atoms with Gasteiger partial charge in [0.05, 0.1) is 46.9 Å². The van der Waals surface area contributed by atoms with Crippen LogP contribution < -0.4 is 24.5 Å². The molecular weight excluding hydrogens is 590 g/mol. The molecule has 0 bridgehead atoms. The molecule has 12 nitrogen and oxygen atoms in total. The Bertz CT molecular complexity index is 1840. The van der Waals surface area contributed by atoms with Crippen molar-refractivity contribution in [2.45, 2.75) is 20.1 Å². The number of benzene rings is 1. The van der Waals surface area contributed by atoms with Gasteiger partial charge in [0, 0.05) is 41.3 Å². The van der Waals surface area contributed by atoms with Crippen LogP contribution in [0.3, 0.4) is 0 Å². The number of methoxy groups -OCH3 is 4. The summed E-state index contributed by atoms with van der Waals surface area (Å²) in [6, 6.07) is 10.3. The molecule has 5 rings (SSSR count). The maximum Gasteiger partial charge on any atom is 0.355 e. The average molecular weight is 620 g/mol. The standard InChI is InChI=1S/C31H29N5O7.ClH/c1-18-12-19(8-9-33-18)16-36-28(31(38)42-5)26(20-13-23(39-2)29(41-4)24(14-20)40-3)22-6-7-25(35-27(22)30(36)37)43-17-21-15-32-10-11-34-21;/h6-15H,16-17H2,1-5H3;1H. The van der Waals surface area contributed by atoms with Gasteiger partial charge in [-0.25, -0.2) is 9.78 Å². The molecule has 228 valence electrons. The maximum atomic E-state index is 14.1. The lowest BCUT2D eigenvalue weighted by Crippen LogP contribution is -2.29. The van der Waals surface area contributed by atoms with Crippen molar-refractivity contribution in [2.75, 3.05) is 28.4 Å². The van der Waals surface area contributed by atoms with E-state index in [1.807, 2.05) is 13.0 Å². The van der Waals surface area contributed by atoms with Gasteiger partial charge >= 0.3 is 5.97 Å². The minimum Gasteiger partial charge on any atom is -0.493 e. The Morgan fingerprint density at radius 3 is 2.27 bits per heavy atom. The zero-order valence-electron chi connectivity index (χ0n) is 24.7. The van der Waals surface area contributed by atoms with E-state index in [0.717, 1.165) is 11.3 Å². The fraction of sp³-hybridized carbons (Fsp3) is 0.226. The number of fused-ring (bicyclic) bond motifs is 1. The topological polar surface area (TPSA) is 137 Å². The van der Waals surface area contributed by atoms with Crippen LogP contribution in [0.2, 0.25) is 0 Å². The summed E-state index contributed by atoms with van der Waals surface area (Å²) in [5.74, 6) is 0.580. The maximum absolute atomic E-state index is 14.1. The van der Waals surface area contributed by atoms with Gasteiger partial charge in [-0.1, -0.05) is 0 Å². The molecule has 0 amide bonds. The van der Waals surface area contributed by atoms with Gasteiger partial charge in [0.15, 0.2) is 11.5 Å². The molecular formula is C31H30ClN5O7. The average Bonchev–Trinajstić information content (AvgIpc) is 3.04. The van der Waals surface area contributed by atoms with Gasteiger partial charge < -0.3 is 23.7 Å². The lowest BCUT2D eigenvalue weighted by molar-refractivity contribution is 0.0588. The van der Waals surface area contributed by atoms with Crippen LogP contribution in [0.15, 0.2) is 66.0 Å². The Kier molecular flexibility index (Phi) is 9.96. The first-order valence-electron chi connectivity index (χ1n) is 13.1. The molecule has 0 spiro atoms. The molecule has 0 radical (unpaired) electrons. The van der Waals surface area contributed by atoms with Gasteiger partial charge in [-0.3, -0.25) is 24.3 Å². The van der Waals surface area contributed by atoms with E-state index in [2.05, 4.69) is 19.9 Å². The van der Waals surface area contributed by atoms with Gasteiger partial charge in [0.1, 0.15) is 17.8 Å². The molecule has 0 atom stereocenters. The van der Waals surface area contributed by atoms with Gasteiger partial charge in [0.2, 0.25) is 11.6 Å². The minimum atomic E-state index is -0.712. The van der Waals surface area contributed by atoms with Crippen molar-refractivity contribution in [3.63, 3.8) is 0 Å². The summed E-state index contributed by atoms with van der Waals surface area (Å²) < 4.78 is 29.1. The lowest BCUT2D eigenvalue weighted by atomic mass is 9.97. The van der Waals surface area contributed by atoms with Crippen LogP contribution in [0.4, 0.5) is 0 Å². The van der Waals surface area contributed by atoms with Crippen molar-refractivity contribution < 1.29 is 28.5 Å². The third-order valence-corrected chi connectivity index (χ3v) is 6.71. The molecule has 0 saturated carbocycles. The van der Waals surface area contributed by atoms with Crippen LogP contribution in [0, 0.1) is 6.92 Å². The van der Waals surface area contributed by atoms with E-state index in [9.17, 15) is 9.59 Å². The molecule has 44 heavy (non-hydrogen) atoms. The van der Waals surface area contributed by atoms with Gasteiger partial charge in [-0.05, 0) is 48.4 Å². The van der Waals surface area contributed by atoms with E-state index in [-0.39, 0.29) is 42.6 Å². The molecule has 4 heterocycles. The van der Waals surface area contributed by atoms with Gasteiger partial charge in [-0.2, -0.15) is 0 Å². The van der Waals surface area contributed by atoms with Crippen molar-refractivity contribution in [1.82, 2.24) is 24.5 Å². The quantitative estimate of drug-likeness (QED) is 0.205. The summed E-state index contributed by atoms with van der Waals surface area (Å²) in [7, 11) is 5.75. The van der Waals surface area contributed by atoms with E-state index < -0.39 is 11.5 Å². The second-order valence-electron chi connectivity index (χ2n) is 9.36. The highest BCUT2D eigenvalue weighted by Gasteiger charge is 2.27. The largest absolute Gasteiger partial charge is 0.493 e. The number of esters is 1. The Hall–Kier alpha value is -5.23. The van der Waals surface area contributed by atoms with Crippen molar-refractivity contribution in [1.29, 1.82) is 0 Å². The van der Waals surface area contributed by atoms with E-state index in [0.29, 0.717) is 39.5 Å². The Balaban J connectivity index is 0.00000442. The van der Waals surface area contributed by atoms with E-state index in [1.165, 1.54) is 33.0 Å². The minimum absolute atomic E-state index is 0. The summed E-state index contributed by atoms with van der Waals surface area (Å²) in [6.07, 6.45) is 6.35. The summed E-state index contributed by atoms with van der Waals surface area (Å²) in [4.78, 5) is 44.7. The Morgan fingerprint density at radius 2 is 1.66 bits per heavy atom. The van der Waals surface area contributed by atoms with E-state index in [4.69, 9.17) is 23.7 Å². The van der Waals surface area contributed by atoms with Crippen LogP contribution in [0.25, 0.3) is 22.0 Å². The van der Waals surface area contributed by atoms with E-state index in [1.54, 1.807) is 55.1 Å². The highest BCUT2D eigenvalue weighted by atomic mass is 35.5. The predicted octanol–water partition coefficient (Wildman–Crippen LogP) is 4.42. The molecule has 0 aliphatic rings. The second-order valence-corrected chi connectivity index (χ2v) is 9.36. The number of aromatic nitrogens is 5. The first-order chi connectivity index (χ1) is 20.9. The van der Waals surface area contributed by atoms with Gasteiger partial charge in [-0.15, -0.1) is 12.4 Å². The number of ether oxygens (including phenoxy) is 5. The zero-order valence-corrected chi connectivity index (χ0v) is 25.5. The molecule has 0 unspecified atom stereocenters. The molecule has 13 heteroatoms. The predicted molar refractivity (Wildman–Crippen MR) is 164 cm³/mol. The summed E-state index contributed by atoms with van der Waals surface area (Å²) in [6.45, 7) is 1.99. The molecule has 0 saturated heterocycles. The van der Waals surface area contributed by atoms with Crippen LogP contribution >= 0.6 is 12.4 Å². The summed E-state index contributed by atoms with van der Waals surface area (Å²) in [5.41, 5.74) is 2.60. The summed E-state index contributed by atoms with van der Waals surface area (Å²) >= 11 is 0. The third kappa shape index (κ3) is 6.25. The fourth-order valence-corrected chi connectivity index (χ4v) is 4.79. The highest BCUT2D eigenvalue weighted by Crippen LogP contribution is 2.43. The molecule has 0 fully saturated rings. The van der Waals surface area contributed by atoms with Crippen LogP contribution in [-0.2, 0) is 17.9 Å². The number of nitrogens with zero attached hydrogens (tertiary/aromatic N) is 5. The number of carbonyl (C=O) groups excluding carboxylic acids is 1. The van der Waals surface area contributed by atoms with Crippen molar-refractivity contribution in [2.24, 2.45) is 0 Å². The van der Waals surface area contributed by atoms with Crippen molar-refractivity contribution in [3.8, 4) is 34.3 Å². The normalized spacial score (nSPS) is 10.6. The lowest BCUT2D eigenvalue weighted by Gasteiger charge is -2.20. The third-order valence-electron chi connectivity index (χ3n) is 6.71. The van der Waals surface area contributed by atoms with Gasteiger partial charge in [0.25, 0.3) is 5.56 Å². The number of hydrogen-bond donors (Lipinski definition) is 0. The number of aryl methyl sites for hydroxylation is 1. The van der Waals surface area contributed by atoms with Crippen LogP contribution in [0.1, 0.15) is 27.4 Å². The number of carbonyl (C=O) groups is 1. The van der Waals surface area contributed by atoms with Crippen molar-refractivity contribution in [3.05, 3.63) is 94.2 Å². The smallest absolute Gasteiger partial charge is 0.355 e. The van der Waals surface area contributed by atoms with E-state index >= 15 is 0 Å². The first kappa shape index (κ1) is 31.7. The monoisotopic (exact) mass is 619 g/mol. The number of pyridine rings is 3. The summed E-state index contributed by atoms with van der Waals surface area (Å²) in [5, 5.41) is 0.397. The van der Waals surface area contributed by atoms with Crippen molar-refractivity contribution >= 4 is 29.3 Å². The number of rotatable bonds is 10. The highest BCUT2D eigenvalue weighted by molar-refractivity contribution is 6.06.